The van der Waals surface area contributed by atoms with Gasteiger partial charge in [-0.3, -0.25) is 9.59 Å². The molecule has 0 radical (unpaired) electrons. The van der Waals surface area contributed by atoms with Gasteiger partial charge in [-0.05, 0) is 26.7 Å². The van der Waals surface area contributed by atoms with Crippen LogP contribution in [0.15, 0.2) is 0 Å². The molecule has 2 saturated heterocycles. The van der Waals surface area contributed by atoms with Crippen molar-refractivity contribution in [2.24, 2.45) is 0 Å². The van der Waals surface area contributed by atoms with Crippen LogP contribution in [0.2, 0.25) is 0 Å². The molecule has 0 spiro atoms. The summed E-state index contributed by atoms with van der Waals surface area (Å²) in [5.74, 6) is -0.297. The van der Waals surface area contributed by atoms with Crippen LogP contribution >= 0.6 is 0 Å². The smallest absolute Gasteiger partial charge is 0.318 e. The van der Waals surface area contributed by atoms with E-state index in [0.717, 1.165) is 6.42 Å². The van der Waals surface area contributed by atoms with E-state index >= 15 is 0 Å². The highest BCUT2D eigenvalue weighted by molar-refractivity contribution is 5.90. The Morgan fingerprint density at radius 2 is 2.18 bits per heavy atom. The Bertz CT molecular complexity index is 440. The lowest BCUT2D eigenvalue weighted by Gasteiger charge is -2.32. The van der Waals surface area contributed by atoms with Crippen molar-refractivity contribution in [1.82, 2.24) is 20.9 Å². The maximum atomic E-state index is 12.3. The fraction of sp³-hybridized carbons (Fsp3) is 0.786. The van der Waals surface area contributed by atoms with Crippen molar-refractivity contribution in [3.05, 3.63) is 0 Å². The van der Waals surface area contributed by atoms with Crippen LogP contribution in [0.3, 0.4) is 0 Å². The van der Waals surface area contributed by atoms with Gasteiger partial charge in [0, 0.05) is 12.6 Å². The molecule has 2 aliphatic heterocycles. The number of nitrogens with one attached hydrogen (secondary N) is 3. The second kappa shape index (κ2) is 7.44. The fourth-order valence-electron chi connectivity index (χ4n) is 2.74. The number of hydrogen-bond acceptors (Lipinski definition) is 3. The molecule has 0 aromatic heterocycles. The first kappa shape index (κ1) is 16.5. The van der Waals surface area contributed by atoms with E-state index in [9.17, 15) is 14.4 Å². The number of rotatable bonds is 3. The van der Waals surface area contributed by atoms with Gasteiger partial charge in [0.2, 0.25) is 5.91 Å². The minimum Gasteiger partial charge on any atom is -0.354 e. The Labute approximate surface area is 130 Å². The van der Waals surface area contributed by atoms with Gasteiger partial charge in [-0.2, -0.15) is 0 Å². The zero-order chi connectivity index (χ0) is 16.1. The molecule has 0 bridgehead atoms. The summed E-state index contributed by atoms with van der Waals surface area (Å²) in [5.41, 5.74) is 0. The summed E-state index contributed by atoms with van der Waals surface area (Å²) in [6, 6.07) is -0.885. The van der Waals surface area contributed by atoms with E-state index < -0.39 is 6.04 Å². The Balaban J connectivity index is 1.87. The Kier molecular flexibility index (Phi) is 5.59. The van der Waals surface area contributed by atoms with E-state index in [4.69, 9.17) is 0 Å². The number of hydrogen-bond donors (Lipinski definition) is 4. The van der Waals surface area contributed by atoms with Crippen molar-refractivity contribution < 1.29 is 19.7 Å². The molecule has 2 atom stereocenters. The summed E-state index contributed by atoms with van der Waals surface area (Å²) < 4.78 is 0. The first-order valence-electron chi connectivity index (χ1n) is 7.94. The monoisotopic (exact) mass is 312 g/mol. The molecule has 0 aromatic carbocycles. The largest absolute Gasteiger partial charge is 0.354 e. The summed E-state index contributed by atoms with van der Waals surface area (Å²) in [5, 5.41) is 10.3. The van der Waals surface area contributed by atoms with E-state index in [0.29, 0.717) is 32.6 Å². The molecular formula is C14H26N5O3+. The minimum atomic E-state index is -0.450. The lowest BCUT2D eigenvalue weighted by molar-refractivity contribution is -0.684. The molecule has 0 aliphatic carbocycles. The number of carbonyl (C=O) groups is 3. The Hall–Kier alpha value is -1.83. The van der Waals surface area contributed by atoms with Gasteiger partial charge in [0.05, 0.1) is 19.6 Å². The van der Waals surface area contributed by atoms with Crippen LogP contribution in [0, 0.1) is 0 Å². The minimum absolute atomic E-state index is 0.0663. The third-order valence-electron chi connectivity index (χ3n) is 3.91. The number of amides is 4. The first-order chi connectivity index (χ1) is 10.5. The van der Waals surface area contributed by atoms with Crippen LogP contribution in [0.4, 0.5) is 4.79 Å². The molecule has 2 heterocycles. The van der Waals surface area contributed by atoms with Crippen LogP contribution in [0.1, 0.15) is 26.7 Å². The third-order valence-corrected chi connectivity index (χ3v) is 3.91. The summed E-state index contributed by atoms with van der Waals surface area (Å²) in [4.78, 5) is 37.7. The second-order valence-electron chi connectivity index (χ2n) is 6.18. The molecule has 8 nitrogen and oxygen atoms in total. The number of carbonyl (C=O) groups excluding carboxylic acids is 3. The molecular weight excluding hydrogens is 286 g/mol. The fourth-order valence-corrected chi connectivity index (χ4v) is 2.74. The molecule has 0 aromatic rings. The van der Waals surface area contributed by atoms with Crippen molar-refractivity contribution >= 4 is 17.8 Å². The topological polar surface area (TPSA) is 107 Å². The zero-order valence-corrected chi connectivity index (χ0v) is 13.2. The molecule has 0 saturated carbocycles. The summed E-state index contributed by atoms with van der Waals surface area (Å²) >= 11 is 0. The zero-order valence-electron chi connectivity index (χ0n) is 13.2. The predicted octanol–water partition coefficient (Wildman–Crippen LogP) is -2.25. The lowest BCUT2D eigenvalue weighted by Crippen LogP contribution is -2.98. The summed E-state index contributed by atoms with van der Waals surface area (Å²) in [7, 11) is 0. The highest BCUT2D eigenvalue weighted by atomic mass is 16.2. The number of piperidine rings is 1. The van der Waals surface area contributed by atoms with Gasteiger partial charge in [0.25, 0.3) is 5.91 Å². The van der Waals surface area contributed by atoms with Crippen molar-refractivity contribution in [3.63, 3.8) is 0 Å². The first-order valence-corrected chi connectivity index (χ1v) is 7.94. The van der Waals surface area contributed by atoms with Gasteiger partial charge in [-0.15, -0.1) is 0 Å². The number of urea groups is 1. The van der Waals surface area contributed by atoms with E-state index in [1.54, 1.807) is 4.90 Å². The van der Waals surface area contributed by atoms with Gasteiger partial charge in [0.15, 0.2) is 6.04 Å². The van der Waals surface area contributed by atoms with E-state index in [1.165, 1.54) is 0 Å². The van der Waals surface area contributed by atoms with Crippen molar-refractivity contribution in [3.8, 4) is 0 Å². The van der Waals surface area contributed by atoms with Gasteiger partial charge in [-0.1, -0.05) is 0 Å². The summed E-state index contributed by atoms with van der Waals surface area (Å²) in [6.07, 6.45) is 1.54. The van der Waals surface area contributed by atoms with Gasteiger partial charge in [-0.25, -0.2) is 4.79 Å². The highest BCUT2D eigenvalue weighted by Gasteiger charge is 2.34. The normalized spacial score (nSPS) is 25.6. The van der Waals surface area contributed by atoms with E-state index in [-0.39, 0.29) is 29.9 Å². The molecule has 2 aliphatic rings. The highest BCUT2D eigenvalue weighted by Crippen LogP contribution is 2.04. The van der Waals surface area contributed by atoms with E-state index in [2.05, 4.69) is 16.0 Å². The standard InChI is InChI=1S/C14H25N5O3/c1-9(2)17-14(22)19-7-6-15-11(8-19)13(21)18-10-4-3-5-16-12(10)20/h9-11,15H,3-8H2,1-2H3,(H,16,20)(H,17,22)(H,18,21)/p+1/t10-,11+/m0/s1. The number of quaternary nitrogens is 1. The molecule has 8 heteroatoms. The third kappa shape index (κ3) is 4.33. The van der Waals surface area contributed by atoms with Gasteiger partial charge < -0.3 is 26.2 Å². The average molecular weight is 312 g/mol. The maximum absolute atomic E-state index is 12.3. The van der Waals surface area contributed by atoms with Crippen LogP contribution < -0.4 is 21.3 Å². The van der Waals surface area contributed by atoms with Crippen molar-refractivity contribution in [2.75, 3.05) is 26.2 Å². The van der Waals surface area contributed by atoms with Crippen LogP contribution in [-0.2, 0) is 9.59 Å². The van der Waals surface area contributed by atoms with Gasteiger partial charge in [0.1, 0.15) is 6.04 Å². The van der Waals surface area contributed by atoms with Crippen molar-refractivity contribution in [2.45, 2.75) is 44.8 Å². The average Bonchev–Trinajstić information content (AvgIpc) is 2.49. The number of piperazine rings is 1. The number of nitrogens with two attached hydrogens (primary N) is 1. The lowest BCUT2D eigenvalue weighted by atomic mass is 10.1. The molecule has 5 N–H and O–H groups in total. The summed E-state index contributed by atoms with van der Waals surface area (Å²) in [6.45, 7) is 6.13. The van der Waals surface area contributed by atoms with Gasteiger partial charge >= 0.3 is 6.03 Å². The SMILES string of the molecule is CC(C)NC(=O)N1CC[NH2+][C@@H](C(=O)N[C@H]2CCCNC2=O)C1. The Morgan fingerprint density at radius 1 is 1.41 bits per heavy atom. The van der Waals surface area contributed by atoms with Crippen LogP contribution in [-0.4, -0.2) is 67.0 Å². The maximum Gasteiger partial charge on any atom is 0.318 e. The second-order valence-corrected chi connectivity index (χ2v) is 6.18. The van der Waals surface area contributed by atoms with Crippen LogP contribution in [0.25, 0.3) is 0 Å². The predicted molar refractivity (Wildman–Crippen MR) is 80.0 cm³/mol. The molecule has 124 valence electrons. The number of nitrogens with zero attached hydrogens (tertiary/aromatic N) is 1. The molecule has 0 unspecified atom stereocenters. The molecule has 4 amide bonds. The Morgan fingerprint density at radius 3 is 2.86 bits per heavy atom. The molecule has 2 fully saturated rings. The molecule has 22 heavy (non-hydrogen) atoms. The van der Waals surface area contributed by atoms with Crippen LogP contribution in [0.5, 0.6) is 0 Å². The molecule has 2 rings (SSSR count). The quantitative estimate of drug-likeness (QED) is 0.473. The van der Waals surface area contributed by atoms with Crippen molar-refractivity contribution in [1.29, 1.82) is 0 Å². The van der Waals surface area contributed by atoms with E-state index in [1.807, 2.05) is 19.2 Å².